The Morgan fingerprint density at radius 3 is 2.45 bits per heavy atom. The Labute approximate surface area is 195 Å². The fraction of sp³-hybridized carbons (Fsp3) is 0.200. The zero-order valence-corrected chi connectivity index (χ0v) is 18.6. The number of imidazole rings is 1. The van der Waals surface area contributed by atoms with E-state index in [9.17, 15) is 9.18 Å². The third kappa shape index (κ3) is 4.64. The molecule has 1 aliphatic rings. The number of hydrogen-bond acceptors (Lipinski definition) is 4. The van der Waals surface area contributed by atoms with Crippen LogP contribution in [0.5, 0.6) is 5.75 Å². The van der Waals surface area contributed by atoms with Crippen LogP contribution in [0.25, 0.3) is 16.9 Å². The number of fused-ring (bicyclic) bond motifs is 1. The number of nitrogens with zero attached hydrogens (tertiary/aromatic N) is 4. The lowest BCUT2D eigenvalue weighted by Crippen LogP contribution is -2.50. The van der Waals surface area contributed by atoms with Gasteiger partial charge in [-0.1, -0.05) is 23.7 Å². The second-order valence-corrected chi connectivity index (χ2v) is 8.31. The minimum Gasteiger partial charge on any atom is -0.480 e. The van der Waals surface area contributed by atoms with Gasteiger partial charge in [0.05, 0.1) is 5.69 Å². The topological polar surface area (TPSA) is 50.1 Å². The van der Waals surface area contributed by atoms with E-state index >= 15 is 0 Å². The van der Waals surface area contributed by atoms with Crippen LogP contribution < -0.4 is 9.64 Å². The number of pyridine rings is 1. The molecule has 0 radical (unpaired) electrons. The summed E-state index contributed by atoms with van der Waals surface area (Å²) in [5, 5.41) is 0.670. The molecule has 33 heavy (non-hydrogen) atoms. The second-order valence-electron chi connectivity index (χ2n) is 7.87. The summed E-state index contributed by atoms with van der Waals surface area (Å²) in [6.45, 7) is 2.51. The molecule has 0 saturated carbocycles. The number of carbonyl (C=O) groups excluding carboxylic acids is 1. The van der Waals surface area contributed by atoms with Crippen LogP contribution in [0.2, 0.25) is 5.02 Å². The smallest absolute Gasteiger partial charge is 0.260 e. The summed E-state index contributed by atoms with van der Waals surface area (Å²) in [4.78, 5) is 21.4. The van der Waals surface area contributed by atoms with Gasteiger partial charge in [-0.25, -0.2) is 9.37 Å². The van der Waals surface area contributed by atoms with Gasteiger partial charge >= 0.3 is 0 Å². The molecule has 1 saturated heterocycles. The van der Waals surface area contributed by atoms with Crippen LogP contribution in [0.3, 0.4) is 0 Å². The molecule has 0 aliphatic carbocycles. The van der Waals surface area contributed by atoms with Crippen LogP contribution in [-0.2, 0) is 4.79 Å². The highest BCUT2D eigenvalue weighted by molar-refractivity contribution is 6.30. The molecule has 0 N–H and O–H groups in total. The number of anilines is 1. The zero-order chi connectivity index (χ0) is 22.8. The van der Waals surface area contributed by atoms with E-state index in [4.69, 9.17) is 16.3 Å². The Hall–Kier alpha value is -3.58. The van der Waals surface area contributed by atoms with Gasteiger partial charge in [0.25, 0.3) is 5.91 Å². The Morgan fingerprint density at radius 2 is 1.73 bits per heavy atom. The number of piperazine rings is 1. The third-order valence-corrected chi connectivity index (χ3v) is 6.01. The number of benzene rings is 2. The second kappa shape index (κ2) is 9.11. The van der Waals surface area contributed by atoms with Gasteiger partial charge in [-0.15, -0.1) is 0 Å². The summed E-state index contributed by atoms with van der Waals surface area (Å²) in [6, 6.07) is 17.6. The maximum absolute atomic E-state index is 13.2. The van der Waals surface area contributed by atoms with Gasteiger partial charge in [0.15, 0.2) is 18.0 Å². The summed E-state index contributed by atoms with van der Waals surface area (Å²) in [6.07, 6.45) is 3.81. The van der Waals surface area contributed by atoms with E-state index in [1.165, 1.54) is 12.1 Å². The molecule has 2 aromatic heterocycles. The molecule has 1 fully saturated rings. The standard InChI is InChI=1S/C25H22ClFN4O2/c26-19-5-3-18(4-6-19)22-16-31-11-1-2-23(25(31)28-22)33-17-24(32)30-14-12-29(13-15-30)21-9-7-20(27)8-10-21/h1-11,16H,12-15,17H2. The molecular formula is C25H22ClFN4O2. The van der Waals surface area contributed by atoms with Crippen molar-refractivity contribution < 1.29 is 13.9 Å². The average molecular weight is 465 g/mol. The maximum atomic E-state index is 13.2. The van der Waals surface area contributed by atoms with Crippen molar-refractivity contribution in [2.24, 2.45) is 0 Å². The van der Waals surface area contributed by atoms with Gasteiger partial charge < -0.3 is 18.9 Å². The largest absolute Gasteiger partial charge is 0.480 e. The van der Waals surface area contributed by atoms with E-state index in [1.807, 2.05) is 53.2 Å². The normalized spacial score (nSPS) is 14.0. The average Bonchev–Trinajstić information content (AvgIpc) is 3.28. The van der Waals surface area contributed by atoms with Crippen molar-refractivity contribution in [1.29, 1.82) is 0 Å². The molecule has 0 spiro atoms. The van der Waals surface area contributed by atoms with Crippen LogP contribution in [-0.4, -0.2) is 53.0 Å². The lowest BCUT2D eigenvalue weighted by atomic mass is 10.2. The first-order valence-electron chi connectivity index (χ1n) is 10.7. The lowest BCUT2D eigenvalue weighted by Gasteiger charge is -2.36. The van der Waals surface area contributed by atoms with E-state index < -0.39 is 0 Å². The van der Waals surface area contributed by atoms with Gasteiger partial charge in [-0.05, 0) is 48.5 Å². The fourth-order valence-corrected chi connectivity index (χ4v) is 4.08. The van der Waals surface area contributed by atoms with E-state index in [0.29, 0.717) is 42.6 Å². The molecule has 2 aromatic carbocycles. The first kappa shape index (κ1) is 21.3. The zero-order valence-electron chi connectivity index (χ0n) is 17.8. The quantitative estimate of drug-likeness (QED) is 0.435. The highest BCUT2D eigenvalue weighted by atomic mass is 35.5. The first-order chi connectivity index (χ1) is 16.1. The monoisotopic (exact) mass is 464 g/mol. The number of aromatic nitrogens is 2. The first-order valence-corrected chi connectivity index (χ1v) is 11.1. The molecule has 6 nitrogen and oxygen atoms in total. The van der Waals surface area contributed by atoms with Crippen molar-refractivity contribution in [2.75, 3.05) is 37.7 Å². The van der Waals surface area contributed by atoms with Crippen LogP contribution in [0.15, 0.2) is 73.1 Å². The van der Waals surface area contributed by atoms with E-state index in [-0.39, 0.29) is 18.3 Å². The SMILES string of the molecule is O=C(COc1cccn2cc(-c3ccc(Cl)cc3)nc12)N1CCN(c2ccc(F)cc2)CC1. The van der Waals surface area contributed by atoms with Gasteiger partial charge in [0.2, 0.25) is 0 Å². The molecule has 1 aliphatic heterocycles. The van der Waals surface area contributed by atoms with Gasteiger partial charge in [0, 0.05) is 54.8 Å². The van der Waals surface area contributed by atoms with Crippen molar-refractivity contribution in [2.45, 2.75) is 0 Å². The molecule has 3 heterocycles. The third-order valence-electron chi connectivity index (χ3n) is 5.76. The van der Waals surface area contributed by atoms with E-state index in [2.05, 4.69) is 9.88 Å². The maximum Gasteiger partial charge on any atom is 0.260 e. The van der Waals surface area contributed by atoms with Crippen molar-refractivity contribution in [3.05, 3.63) is 83.9 Å². The molecule has 1 amide bonds. The molecule has 8 heteroatoms. The number of hydrogen-bond donors (Lipinski definition) is 0. The number of rotatable bonds is 5. The number of halogens is 2. The number of carbonyl (C=O) groups is 1. The Bertz CT molecular complexity index is 1270. The van der Waals surface area contributed by atoms with Gasteiger partial charge in [-0.3, -0.25) is 4.79 Å². The summed E-state index contributed by atoms with van der Waals surface area (Å²) >= 11 is 5.98. The summed E-state index contributed by atoms with van der Waals surface area (Å²) in [7, 11) is 0. The predicted octanol–water partition coefficient (Wildman–Crippen LogP) is 4.52. The minimum atomic E-state index is -0.252. The van der Waals surface area contributed by atoms with Crippen molar-refractivity contribution in [3.63, 3.8) is 0 Å². The Kier molecular flexibility index (Phi) is 5.88. The molecule has 168 valence electrons. The van der Waals surface area contributed by atoms with Crippen LogP contribution in [0.4, 0.5) is 10.1 Å². The van der Waals surface area contributed by atoms with Gasteiger partial charge in [-0.2, -0.15) is 0 Å². The van der Waals surface area contributed by atoms with Crippen molar-refractivity contribution in [3.8, 4) is 17.0 Å². The van der Waals surface area contributed by atoms with Crippen LogP contribution in [0.1, 0.15) is 0 Å². The molecular weight excluding hydrogens is 443 g/mol. The molecule has 0 bridgehead atoms. The van der Waals surface area contributed by atoms with E-state index in [0.717, 1.165) is 16.9 Å². The van der Waals surface area contributed by atoms with Crippen LogP contribution >= 0.6 is 11.6 Å². The Morgan fingerprint density at radius 1 is 1.00 bits per heavy atom. The summed E-state index contributed by atoms with van der Waals surface area (Å²) < 4.78 is 20.9. The molecule has 4 aromatic rings. The highest BCUT2D eigenvalue weighted by Gasteiger charge is 2.22. The molecule has 5 rings (SSSR count). The lowest BCUT2D eigenvalue weighted by molar-refractivity contribution is -0.133. The number of amides is 1. The minimum absolute atomic E-state index is 0.0562. The summed E-state index contributed by atoms with van der Waals surface area (Å²) in [5.74, 6) is 0.230. The summed E-state index contributed by atoms with van der Waals surface area (Å²) in [5.41, 5.74) is 3.36. The fourth-order valence-electron chi connectivity index (χ4n) is 3.96. The van der Waals surface area contributed by atoms with Crippen molar-refractivity contribution in [1.82, 2.24) is 14.3 Å². The molecule has 0 atom stereocenters. The highest BCUT2D eigenvalue weighted by Crippen LogP contribution is 2.25. The number of ether oxygens (including phenoxy) is 1. The predicted molar refractivity (Wildman–Crippen MR) is 126 cm³/mol. The van der Waals surface area contributed by atoms with Crippen molar-refractivity contribution >= 4 is 28.8 Å². The molecule has 0 unspecified atom stereocenters. The van der Waals surface area contributed by atoms with Gasteiger partial charge in [0.1, 0.15) is 5.82 Å². The van der Waals surface area contributed by atoms with Crippen LogP contribution in [0, 0.1) is 5.82 Å². The van der Waals surface area contributed by atoms with E-state index in [1.54, 1.807) is 17.0 Å². The Balaban J connectivity index is 1.22.